The van der Waals surface area contributed by atoms with E-state index in [0.29, 0.717) is 12.0 Å². The van der Waals surface area contributed by atoms with Crippen LogP contribution in [0.3, 0.4) is 0 Å². The zero-order valence-corrected chi connectivity index (χ0v) is 10.4. The maximum absolute atomic E-state index is 11.8. The summed E-state index contributed by atoms with van der Waals surface area (Å²) in [6.07, 6.45) is 2.36. The maximum atomic E-state index is 11.8. The van der Waals surface area contributed by atoms with E-state index >= 15 is 0 Å². The minimum Gasteiger partial charge on any atom is -0.372 e. The zero-order chi connectivity index (χ0) is 12.7. The first-order valence-electron chi connectivity index (χ1n) is 6.34. The molecule has 17 heavy (non-hydrogen) atoms. The molecule has 0 radical (unpaired) electrons. The molecule has 1 N–H and O–H groups in total. The highest BCUT2D eigenvalue weighted by molar-refractivity contribution is 4.79. The van der Waals surface area contributed by atoms with Gasteiger partial charge in [-0.1, -0.05) is 12.8 Å². The molecule has 0 aromatic carbocycles. The molecule has 0 spiro atoms. The molecule has 0 amide bonds. The summed E-state index contributed by atoms with van der Waals surface area (Å²) in [7, 11) is 1.96. The molecule has 2 nitrogen and oxygen atoms in total. The lowest BCUT2D eigenvalue weighted by molar-refractivity contribution is -0.174. The molecule has 1 aliphatic carbocycles. The standard InChI is InChI=1S/C12H22F3NO/c1-16-11-7-3-2-5-10(11)6-4-8-17-9-12(13,14)15/h10-11,16H,2-9H2,1H3. The molecule has 1 aliphatic rings. The van der Waals surface area contributed by atoms with Crippen molar-refractivity contribution >= 4 is 0 Å². The molecule has 102 valence electrons. The smallest absolute Gasteiger partial charge is 0.372 e. The molecule has 0 aromatic heterocycles. The summed E-state index contributed by atoms with van der Waals surface area (Å²) >= 11 is 0. The van der Waals surface area contributed by atoms with Crippen molar-refractivity contribution in [2.75, 3.05) is 20.3 Å². The second kappa shape index (κ2) is 7.21. The fourth-order valence-corrected chi connectivity index (χ4v) is 2.57. The van der Waals surface area contributed by atoms with Crippen LogP contribution in [0.15, 0.2) is 0 Å². The van der Waals surface area contributed by atoms with Crippen molar-refractivity contribution in [2.24, 2.45) is 5.92 Å². The van der Waals surface area contributed by atoms with E-state index in [9.17, 15) is 13.2 Å². The van der Waals surface area contributed by atoms with Gasteiger partial charge in [-0.15, -0.1) is 0 Å². The van der Waals surface area contributed by atoms with Gasteiger partial charge in [-0.3, -0.25) is 0 Å². The molecular formula is C12H22F3NO. The molecular weight excluding hydrogens is 231 g/mol. The summed E-state index contributed by atoms with van der Waals surface area (Å²) in [5, 5.41) is 3.30. The molecule has 0 bridgehead atoms. The van der Waals surface area contributed by atoms with E-state index in [0.717, 1.165) is 12.8 Å². The van der Waals surface area contributed by atoms with Crippen molar-refractivity contribution in [1.82, 2.24) is 5.32 Å². The minimum absolute atomic E-state index is 0.215. The second-order valence-corrected chi connectivity index (χ2v) is 4.75. The van der Waals surface area contributed by atoms with E-state index in [4.69, 9.17) is 0 Å². The van der Waals surface area contributed by atoms with Crippen LogP contribution in [-0.2, 0) is 4.74 Å². The fourth-order valence-electron chi connectivity index (χ4n) is 2.57. The van der Waals surface area contributed by atoms with E-state index in [1.165, 1.54) is 25.7 Å². The third kappa shape index (κ3) is 6.27. The Hall–Kier alpha value is -0.290. The van der Waals surface area contributed by atoms with Gasteiger partial charge in [0, 0.05) is 12.6 Å². The van der Waals surface area contributed by atoms with Gasteiger partial charge < -0.3 is 10.1 Å². The van der Waals surface area contributed by atoms with E-state index in [1.54, 1.807) is 0 Å². The summed E-state index contributed by atoms with van der Waals surface area (Å²) in [5.74, 6) is 0.600. The normalized spacial score (nSPS) is 26.1. The minimum atomic E-state index is -4.20. The first-order chi connectivity index (χ1) is 8.03. The van der Waals surface area contributed by atoms with Gasteiger partial charge in [-0.05, 0) is 38.6 Å². The average molecular weight is 253 g/mol. The lowest BCUT2D eigenvalue weighted by atomic mass is 9.82. The van der Waals surface area contributed by atoms with E-state index in [1.807, 2.05) is 7.05 Å². The number of alkyl halides is 3. The van der Waals surface area contributed by atoms with E-state index in [-0.39, 0.29) is 6.61 Å². The molecule has 1 fully saturated rings. The van der Waals surface area contributed by atoms with Gasteiger partial charge in [0.05, 0.1) is 0 Å². The Balaban J connectivity index is 2.08. The predicted molar refractivity (Wildman–Crippen MR) is 60.9 cm³/mol. The highest BCUT2D eigenvalue weighted by Gasteiger charge is 2.27. The number of hydrogen-bond acceptors (Lipinski definition) is 2. The molecule has 1 saturated carbocycles. The predicted octanol–water partition coefficient (Wildman–Crippen LogP) is 3.12. The molecule has 2 atom stereocenters. The van der Waals surface area contributed by atoms with Crippen LogP contribution in [0, 0.1) is 5.92 Å². The van der Waals surface area contributed by atoms with Crippen LogP contribution in [0.25, 0.3) is 0 Å². The van der Waals surface area contributed by atoms with Crippen LogP contribution < -0.4 is 5.32 Å². The SMILES string of the molecule is CNC1CCCCC1CCCOCC(F)(F)F. The molecule has 0 aromatic rings. The van der Waals surface area contributed by atoms with Crippen molar-refractivity contribution in [3.8, 4) is 0 Å². The van der Waals surface area contributed by atoms with Crippen LogP contribution in [0.2, 0.25) is 0 Å². The Bertz CT molecular complexity index is 208. The van der Waals surface area contributed by atoms with Crippen molar-refractivity contribution in [2.45, 2.75) is 50.7 Å². The fraction of sp³-hybridized carbons (Fsp3) is 1.00. The quantitative estimate of drug-likeness (QED) is 0.734. The first kappa shape index (κ1) is 14.8. The summed E-state index contributed by atoms with van der Waals surface area (Å²) < 4.78 is 40.1. The summed E-state index contributed by atoms with van der Waals surface area (Å²) in [6, 6.07) is 0.534. The summed E-state index contributed by atoms with van der Waals surface area (Å²) in [6.45, 7) is -0.903. The summed E-state index contributed by atoms with van der Waals surface area (Å²) in [4.78, 5) is 0. The topological polar surface area (TPSA) is 21.3 Å². The van der Waals surface area contributed by atoms with Gasteiger partial charge in [0.15, 0.2) is 0 Å². The third-order valence-electron chi connectivity index (χ3n) is 3.41. The van der Waals surface area contributed by atoms with Crippen molar-refractivity contribution < 1.29 is 17.9 Å². The van der Waals surface area contributed by atoms with Crippen LogP contribution in [-0.4, -0.2) is 32.5 Å². The molecule has 0 heterocycles. The number of ether oxygens (including phenoxy) is 1. The van der Waals surface area contributed by atoms with Gasteiger partial charge in [-0.2, -0.15) is 13.2 Å². The van der Waals surface area contributed by atoms with Gasteiger partial charge >= 0.3 is 6.18 Å². The van der Waals surface area contributed by atoms with Crippen LogP contribution in [0.4, 0.5) is 13.2 Å². The lowest BCUT2D eigenvalue weighted by Crippen LogP contribution is -2.36. The Labute approximate surface area is 101 Å². The first-order valence-corrected chi connectivity index (χ1v) is 6.34. The number of hydrogen-bond donors (Lipinski definition) is 1. The van der Waals surface area contributed by atoms with Crippen molar-refractivity contribution in [3.63, 3.8) is 0 Å². The van der Waals surface area contributed by atoms with E-state index in [2.05, 4.69) is 10.1 Å². The van der Waals surface area contributed by atoms with Gasteiger partial charge in [0.25, 0.3) is 0 Å². The van der Waals surface area contributed by atoms with Gasteiger partial charge in [-0.25, -0.2) is 0 Å². The van der Waals surface area contributed by atoms with E-state index < -0.39 is 12.8 Å². The monoisotopic (exact) mass is 253 g/mol. The largest absolute Gasteiger partial charge is 0.411 e. The lowest BCUT2D eigenvalue weighted by Gasteiger charge is -2.31. The Kier molecular flexibility index (Phi) is 6.27. The highest BCUT2D eigenvalue weighted by atomic mass is 19.4. The number of rotatable bonds is 6. The van der Waals surface area contributed by atoms with Crippen LogP contribution in [0.1, 0.15) is 38.5 Å². The van der Waals surface area contributed by atoms with Crippen molar-refractivity contribution in [1.29, 1.82) is 0 Å². The van der Waals surface area contributed by atoms with Crippen molar-refractivity contribution in [3.05, 3.63) is 0 Å². The van der Waals surface area contributed by atoms with Crippen LogP contribution in [0.5, 0.6) is 0 Å². The summed E-state index contributed by atoms with van der Waals surface area (Å²) in [5.41, 5.74) is 0. The van der Waals surface area contributed by atoms with Gasteiger partial charge in [0.2, 0.25) is 0 Å². The zero-order valence-electron chi connectivity index (χ0n) is 10.4. The van der Waals surface area contributed by atoms with Crippen LogP contribution >= 0.6 is 0 Å². The molecule has 0 saturated heterocycles. The Morgan fingerprint density at radius 3 is 2.59 bits per heavy atom. The average Bonchev–Trinajstić information content (AvgIpc) is 2.27. The number of halogens is 3. The molecule has 1 rings (SSSR count). The highest BCUT2D eigenvalue weighted by Crippen LogP contribution is 2.27. The molecule has 2 unspecified atom stereocenters. The molecule has 0 aliphatic heterocycles. The number of nitrogens with one attached hydrogen (secondary N) is 1. The molecule has 5 heteroatoms. The maximum Gasteiger partial charge on any atom is 0.411 e. The van der Waals surface area contributed by atoms with Gasteiger partial charge in [0.1, 0.15) is 6.61 Å². The third-order valence-corrected chi connectivity index (χ3v) is 3.41. The second-order valence-electron chi connectivity index (χ2n) is 4.75. The Morgan fingerprint density at radius 2 is 1.94 bits per heavy atom. The Morgan fingerprint density at radius 1 is 1.24 bits per heavy atom.